The predicted molar refractivity (Wildman–Crippen MR) is 144 cm³/mol. The van der Waals surface area contributed by atoms with E-state index in [1.807, 2.05) is 0 Å². The summed E-state index contributed by atoms with van der Waals surface area (Å²) in [6.45, 7) is 1.71. The number of nitrogens with zero attached hydrogens (tertiary/aromatic N) is 1. The molecule has 12 heteroatoms. The van der Waals surface area contributed by atoms with Crippen molar-refractivity contribution in [2.45, 2.75) is 24.9 Å². The number of aromatic amines is 1. The standard InChI is InChI=1S/C28H24ClN3O8/c1-11-8-14-18(23(34)28(11)24(35)19-15(38-3)10-16(39-4)21(29)22(19)40-28)17(12-6-5-7-13(33)9-12)20-25(30-14)32(2)27(37)31-26(20)36/h5-7,9-11,17,30,33H,8H2,1-4H3,(H,31,36,37)/t11-,17?,28+/m1/s1. The molecule has 206 valence electrons. The number of ether oxygens (including phenoxy) is 3. The largest absolute Gasteiger partial charge is 0.508 e. The number of carbonyl (C=O) groups excluding carboxylic acids is 2. The zero-order valence-electron chi connectivity index (χ0n) is 21.9. The van der Waals surface area contributed by atoms with Gasteiger partial charge in [0.15, 0.2) is 5.75 Å². The average Bonchev–Trinajstić information content (AvgIpc) is 3.24. The number of fused-ring (bicyclic) bond motifs is 2. The molecule has 0 bridgehead atoms. The first-order valence-corrected chi connectivity index (χ1v) is 12.8. The van der Waals surface area contributed by atoms with E-state index in [1.54, 1.807) is 19.1 Å². The number of halogens is 1. The summed E-state index contributed by atoms with van der Waals surface area (Å²) in [4.78, 5) is 56.9. The van der Waals surface area contributed by atoms with E-state index in [0.29, 0.717) is 11.3 Å². The Balaban J connectivity index is 1.61. The molecular weight excluding hydrogens is 542 g/mol. The summed E-state index contributed by atoms with van der Waals surface area (Å²) < 4.78 is 18.3. The van der Waals surface area contributed by atoms with Crippen LogP contribution in [0, 0.1) is 5.92 Å². The summed E-state index contributed by atoms with van der Waals surface area (Å²) in [7, 11) is 4.28. The molecule has 1 aromatic heterocycles. The molecule has 1 aliphatic carbocycles. The maximum Gasteiger partial charge on any atom is 0.329 e. The lowest BCUT2D eigenvalue weighted by Gasteiger charge is -2.42. The Bertz CT molecular complexity index is 1810. The average molecular weight is 566 g/mol. The molecule has 2 aliphatic heterocycles. The van der Waals surface area contributed by atoms with Crippen LogP contribution in [0.25, 0.3) is 0 Å². The highest BCUT2D eigenvalue weighted by Crippen LogP contribution is 2.56. The lowest BCUT2D eigenvalue weighted by atomic mass is 9.66. The van der Waals surface area contributed by atoms with E-state index in [9.17, 15) is 24.3 Å². The first-order valence-electron chi connectivity index (χ1n) is 12.4. The van der Waals surface area contributed by atoms with Crippen molar-refractivity contribution in [3.05, 3.63) is 84.2 Å². The predicted octanol–water partition coefficient (Wildman–Crippen LogP) is 2.88. The Kier molecular flexibility index (Phi) is 5.63. The zero-order chi connectivity index (χ0) is 28.7. The smallest absolute Gasteiger partial charge is 0.329 e. The zero-order valence-corrected chi connectivity index (χ0v) is 22.6. The van der Waals surface area contributed by atoms with Crippen LogP contribution in [0.3, 0.4) is 0 Å². The molecule has 3 N–H and O–H groups in total. The van der Waals surface area contributed by atoms with E-state index in [0.717, 1.165) is 0 Å². The first-order chi connectivity index (χ1) is 19.0. The van der Waals surface area contributed by atoms with Gasteiger partial charge in [-0.3, -0.25) is 23.9 Å². The van der Waals surface area contributed by atoms with Crippen molar-refractivity contribution >= 4 is 29.0 Å². The first kappa shape index (κ1) is 25.8. The van der Waals surface area contributed by atoms with Gasteiger partial charge in [0, 0.05) is 36.2 Å². The molecular formula is C28H24ClN3O8. The van der Waals surface area contributed by atoms with Gasteiger partial charge in [0.05, 0.1) is 19.8 Å². The van der Waals surface area contributed by atoms with Crippen molar-refractivity contribution in [3.63, 3.8) is 0 Å². The topological polar surface area (TPSA) is 149 Å². The Labute approximate surface area is 232 Å². The van der Waals surface area contributed by atoms with Crippen LogP contribution in [0.1, 0.15) is 40.7 Å². The lowest BCUT2D eigenvalue weighted by Crippen LogP contribution is -2.58. The summed E-state index contributed by atoms with van der Waals surface area (Å²) in [6.07, 6.45) is 0.160. The number of ketones is 2. The van der Waals surface area contributed by atoms with E-state index in [4.69, 9.17) is 25.8 Å². The highest BCUT2D eigenvalue weighted by molar-refractivity contribution is 6.36. The number of methoxy groups -OCH3 is 2. The molecule has 0 saturated heterocycles. The van der Waals surface area contributed by atoms with Gasteiger partial charge >= 0.3 is 5.69 Å². The van der Waals surface area contributed by atoms with Gasteiger partial charge in [-0.1, -0.05) is 30.7 Å². The van der Waals surface area contributed by atoms with Crippen LogP contribution in [-0.4, -0.2) is 46.0 Å². The number of allylic oxidation sites excluding steroid dienone is 1. The van der Waals surface area contributed by atoms with Gasteiger partial charge in [0.1, 0.15) is 33.7 Å². The number of nitrogens with one attached hydrogen (secondary N) is 2. The Hall–Kier alpha value is -4.51. The number of carbonyl (C=O) groups is 2. The second-order valence-corrected chi connectivity index (χ2v) is 10.4. The number of hydrogen-bond donors (Lipinski definition) is 3. The molecule has 0 fully saturated rings. The summed E-state index contributed by atoms with van der Waals surface area (Å²) in [5.74, 6) is -2.56. The van der Waals surface area contributed by atoms with Gasteiger partial charge in [-0.15, -0.1) is 0 Å². The van der Waals surface area contributed by atoms with Gasteiger partial charge in [0.2, 0.25) is 17.2 Å². The number of aromatic hydroxyl groups is 1. The fourth-order valence-corrected chi connectivity index (χ4v) is 6.27. The minimum absolute atomic E-state index is 0.0198. The summed E-state index contributed by atoms with van der Waals surface area (Å²) in [6, 6.07) is 7.59. The number of rotatable bonds is 3. The summed E-state index contributed by atoms with van der Waals surface area (Å²) >= 11 is 6.55. The van der Waals surface area contributed by atoms with Crippen LogP contribution in [0.5, 0.6) is 23.0 Å². The summed E-state index contributed by atoms with van der Waals surface area (Å²) in [5, 5.41) is 13.4. The lowest BCUT2D eigenvalue weighted by molar-refractivity contribution is -0.130. The van der Waals surface area contributed by atoms with Gasteiger partial charge in [-0.2, -0.15) is 0 Å². The maximum atomic E-state index is 14.7. The minimum atomic E-state index is -2.01. The van der Waals surface area contributed by atoms with Crippen molar-refractivity contribution in [1.29, 1.82) is 0 Å². The Morgan fingerprint density at radius 3 is 2.50 bits per heavy atom. The van der Waals surface area contributed by atoms with E-state index >= 15 is 0 Å². The number of phenols is 1. The molecule has 3 aromatic rings. The number of hydrogen-bond acceptors (Lipinski definition) is 9. The highest BCUT2D eigenvalue weighted by atomic mass is 35.5. The molecule has 1 unspecified atom stereocenters. The van der Waals surface area contributed by atoms with Crippen molar-refractivity contribution in [2.75, 3.05) is 19.5 Å². The molecule has 1 spiro atoms. The third-order valence-electron chi connectivity index (χ3n) is 7.94. The molecule has 3 heterocycles. The second kappa shape index (κ2) is 8.75. The maximum absolute atomic E-state index is 14.7. The SMILES string of the molecule is COc1cc(OC)c2c(c1Cl)O[C@@]1(C(=O)C3=C(C[C@H]1C)Nc1c(c(=O)[nH]c(=O)n1C)C3c1cccc(O)c1)C2=O. The fourth-order valence-electron chi connectivity index (χ4n) is 6.00. The van der Waals surface area contributed by atoms with E-state index in [2.05, 4.69) is 10.3 Å². The van der Waals surface area contributed by atoms with Crippen LogP contribution >= 0.6 is 11.6 Å². The molecule has 11 nitrogen and oxygen atoms in total. The number of H-pyrrole nitrogens is 1. The van der Waals surface area contributed by atoms with Crippen molar-refractivity contribution in [3.8, 4) is 23.0 Å². The Morgan fingerprint density at radius 2 is 1.82 bits per heavy atom. The third-order valence-corrected chi connectivity index (χ3v) is 8.30. The molecule has 2 aromatic carbocycles. The molecule has 6 rings (SSSR count). The second-order valence-electron chi connectivity index (χ2n) is 10.0. The normalized spacial score (nSPS) is 22.8. The van der Waals surface area contributed by atoms with Crippen LogP contribution < -0.4 is 30.8 Å². The molecule has 40 heavy (non-hydrogen) atoms. The Morgan fingerprint density at radius 1 is 1.10 bits per heavy atom. The number of anilines is 1. The number of Topliss-reactive ketones (excluding diaryl/α,β-unsaturated/α-hetero) is 2. The van der Waals surface area contributed by atoms with Crippen LogP contribution in [0.2, 0.25) is 5.02 Å². The van der Waals surface area contributed by atoms with Crippen LogP contribution in [0.4, 0.5) is 5.82 Å². The van der Waals surface area contributed by atoms with Gasteiger partial charge in [-0.05, 0) is 24.1 Å². The highest BCUT2D eigenvalue weighted by Gasteiger charge is 2.63. The van der Waals surface area contributed by atoms with Crippen LogP contribution in [0.15, 0.2) is 51.2 Å². The molecule has 0 radical (unpaired) electrons. The molecule has 3 atom stereocenters. The van der Waals surface area contributed by atoms with E-state index < -0.39 is 40.3 Å². The van der Waals surface area contributed by atoms with Crippen molar-refractivity contribution in [2.24, 2.45) is 13.0 Å². The molecule has 3 aliphatic rings. The minimum Gasteiger partial charge on any atom is -0.508 e. The molecule has 0 saturated carbocycles. The van der Waals surface area contributed by atoms with Crippen molar-refractivity contribution < 1.29 is 28.9 Å². The number of aromatic nitrogens is 2. The quantitative estimate of drug-likeness (QED) is 0.407. The molecule has 0 amide bonds. The van der Waals surface area contributed by atoms with E-state index in [1.165, 1.54) is 44.0 Å². The van der Waals surface area contributed by atoms with E-state index in [-0.39, 0.29) is 57.0 Å². The fraction of sp³-hybridized carbons (Fsp3) is 0.286. The summed E-state index contributed by atoms with van der Waals surface area (Å²) in [5.41, 5.74) is -2.27. The van der Waals surface area contributed by atoms with Gasteiger partial charge in [0.25, 0.3) is 5.56 Å². The van der Waals surface area contributed by atoms with Gasteiger partial charge < -0.3 is 24.6 Å². The third kappa shape index (κ3) is 3.24. The van der Waals surface area contributed by atoms with Crippen molar-refractivity contribution in [1.82, 2.24) is 9.55 Å². The van der Waals surface area contributed by atoms with Crippen LogP contribution in [-0.2, 0) is 11.8 Å². The number of phenolic OH excluding ortho intramolecular Hbond substituents is 1. The number of benzene rings is 2. The van der Waals surface area contributed by atoms with Gasteiger partial charge in [-0.25, -0.2) is 4.79 Å². The monoisotopic (exact) mass is 565 g/mol.